The molecule has 0 unspecified atom stereocenters. The SMILES string of the molecule is Cc1ccc(-c2nn(-c3ccccc3)cc2/C=C2\SC(=S)N([C@H](Cc3ccccc3)C(=O)O)C2=O)c(C)c1. The van der Waals surface area contributed by atoms with Gasteiger partial charge in [0.05, 0.1) is 10.6 Å². The Morgan fingerprint density at radius 2 is 1.74 bits per heavy atom. The molecule has 0 bridgehead atoms. The number of thiocarbonyl (C=S) groups is 1. The molecule has 38 heavy (non-hydrogen) atoms. The predicted octanol–water partition coefficient (Wildman–Crippen LogP) is 6.05. The van der Waals surface area contributed by atoms with Gasteiger partial charge in [-0.15, -0.1) is 0 Å². The Morgan fingerprint density at radius 3 is 2.39 bits per heavy atom. The maximum absolute atomic E-state index is 13.6. The van der Waals surface area contributed by atoms with Gasteiger partial charge in [0, 0.05) is 23.7 Å². The molecule has 1 fully saturated rings. The van der Waals surface area contributed by atoms with Gasteiger partial charge in [0.25, 0.3) is 5.91 Å². The van der Waals surface area contributed by atoms with Crippen molar-refractivity contribution in [3.8, 4) is 16.9 Å². The molecule has 1 aliphatic heterocycles. The number of rotatable bonds is 7. The van der Waals surface area contributed by atoms with Crippen LogP contribution in [-0.2, 0) is 16.0 Å². The van der Waals surface area contributed by atoms with Gasteiger partial charge < -0.3 is 5.11 Å². The first-order valence-electron chi connectivity index (χ1n) is 12.1. The van der Waals surface area contributed by atoms with E-state index >= 15 is 0 Å². The molecule has 2 heterocycles. The van der Waals surface area contributed by atoms with E-state index in [0.717, 1.165) is 51.0 Å². The molecule has 1 aliphatic rings. The molecular formula is C30H25N3O3S2. The molecule has 1 N–H and O–H groups in total. The molecule has 3 aromatic carbocycles. The predicted molar refractivity (Wildman–Crippen MR) is 155 cm³/mol. The molecule has 190 valence electrons. The maximum atomic E-state index is 13.6. The summed E-state index contributed by atoms with van der Waals surface area (Å²) in [6.45, 7) is 4.08. The number of carbonyl (C=O) groups excluding carboxylic acids is 1. The summed E-state index contributed by atoms with van der Waals surface area (Å²) in [5, 5.41) is 14.9. The molecule has 1 saturated heterocycles. The van der Waals surface area contributed by atoms with Crippen molar-refractivity contribution in [1.82, 2.24) is 14.7 Å². The van der Waals surface area contributed by atoms with Gasteiger partial charge in [-0.1, -0.05) is 96.3 Å². The van der Waals surface area contributed by atoms with Gasteiger partial charge in [0.15, 0.2) is 0 Å². The van der Waals surface area contributed by atoms with Gasteiger partial charge in [-0.2, -0.15) is 5.10 Å². The van der Waals surface area contributed by atoms with Crippen LogP contribution in [0.1, 0.15) is 22.3 Å². The van der Waals surface area contributed by atoms with Crippen molar-refractivity contribution in [3.05, 3.63) is 112 Å². The summed E-state index contributed by atoms with van der Waals surface area (Å²) in [5.74, 6) is -1.51. The van der Waals surface area contributed by atoms with Crippen molar-refractivity contribution in [2.75, 3.05) is 0 Å². The van der Waals surface area contributed by atoms with E-state index < -0.39 is 17.9 Å². The van der Waals surface area contributed by atoms with Crippen LogP contribution < -0.4 is 0 Å². The summed E-state index contributed by atoms with van der Waals surface area (Å²) >= 11 is 6.63. The van der Waals surface area contributed by atoms with Crippen LogP contribution in [0.5, 0.6) is 0 Å². The zero-order valence-electron chi connectivity index (χ0n) is 20.9. The highest BCUT2D eigenvalue weighted by molar-refractivity contribution is 8.26. The molecule has 8 heteroatoms. The van der Waals surface area contributed by atoms with Gasteiger partial charge in [0.1, 0.15) is 16.1 Å². The first-order chi connectivity index (χ1) is 18.3. The number of thioether (sulfide) groups is 1. The number of aliphatic carboxylic acids is 1. The van der Waals surface area contributed by atoms with Crippen molar-refractivity contribution in [2.45, 2.75) is 26.3 Å². The highest BCUT2D eigenvalue weighted by Gasteiger charge is 2.40. The van der Waals surface area contributed by atoms with E-state index in [1.54, 1.807) is 10.8 Å². The van der Waals surface area contributed by atoms with E-state index in [4.69, 9.17) is 17.3 Å². The molecule has 0 radical (unpaired) electrons. The fourth-order valence-corrected chi connectivity index (χ4v) is 5.86. The lowest BCUT2D eigenvalue weighted by atomic mass is 10.0. The minimum absolute atomic E-state index is 0.162. The Bertz CT molecular complexity index is 1560. The number of benzene rings is 3. The van der Waals surface area contributed by atoms with Crippen LogP contribution in [0.15, 0.2) is 90.0 Å². The summed E-state index contributed by atoms with van der Waals surface area (Å²) < 4.78 is 2.02. The van der Waals surface area contributed by atoms with E-state index in [2.05, 4.69) is 6.07 Å². The van der Waals surface area contributed by atoms with E-state index in [0.29, 0.717) is 4.91 Å². The summed E-state index contributed by atoms with van der Waals surface area (Å²) in [7, 11) is 0. The van der Waals surface area contributed by atoms with Gasteiger partial charge in [0.2, 0.25) is 0 Å². The third-order valence-electron chi connectivity index (χ3n) is 6.38. The fraction of sp³-hybridized carbons (Fsp3) is 0.133. The molecule has 0 spiro atoms. The van der Waals surface area contributed by atoms with Crippen LogP contribution >= 0.6 is 24.0 Å². The van der Waals surface area contributed by atoms with E-state index in [1.165, 1.54) is 4.90 Å². The summed E-state index contributed by atoms with van der Waals surface area (Å²) in [6.07, 6.45) is 3.81. The number of nitrogens with zero attached hydrogens (tertiary/aromatic N) is 3. The number of aryl methyl sites for hydroxylation is 2. The topological polar surface area (TPSA) is 75.4 Å². The lowest BCUT2D eigenvalue weighted by molar-refractivity contribution is -0.145. The third kappa shape index (κ3) is 5.18. The van der Waals surface area contributed by atoms with Crippen LogP contribution in [0.2, 0.25) is 0 Å². The smallest absolute Gasteiger partial charge is 0.327 e. The summed E-state index contributed by atoms with van der Waals surface area (Å²) in [4.78, 5) is 27.4. The van der Waals surface area contributed by atoms with Crippen molar-refractivity contribution in [2.24, 2.45) is 0 Å². The Kier molecular flexibility index (Phi) is 7.26. The monoisotopic (exact) mass is 539 g/mol. The largest absolute Gasteiger partial charge is 0.480 e. The normalized spacial score (nSPS) is 15.3. The lowest BCUT2D eigenvalue weighted by Gasteiger charge is -2.23. The molecule has 0 saturated carbocycles. The van der Waals surface area contributed by atoms with Crippen LogP contribution in [0.3, 0.4) is 0 Å². The number of carboxylic acids is 1. The number of aromatic nitrogens is 2. The van der Waals surface area contributed by atoms with Crippen LogP contribution in [0, 0.1) is 13.8 Å². The number of hydrogen-bond donors (Lipinski definition) is 1. The first kappa shape index (κ1) is 25.6. The fourth-order valence-electron chi connectivity index (χ4n) is 4.51. The Hall–Kier alpha value is -4.01. The summed E-state index contributed by atoms with van der Waals surface area (Å²) in [5.41, 5.74) is 6.36. The zero-order valence-corrected chi connectivity index (χ0v) is 22.5. The second-order valence-corrected chi connectivity index (χ2v) is 10.8. The second-order valence-electron chi connectivity index (χ2n) is 9.13. The Labute approximate surface area is 230 Å². The molecule has 6 nitrogen and oxygen atoms in total. The zero-order chi connectivity index (χ0) is 26.8. The third-order valence-corrected chi connectivity index (χ3v) is 7.71. The van der Waals surface area contributed by atoms with Crippen molar-refractivity contribution >= 4 is 46.3 Å². The molecular weight excluding hydrogens is 514 g/mol. The first-order valence-corrected chi connectivity index (χ1v) is 13.3. The molecule has 5 rings (SSSR count). The van der Waals surface area contributed by atoms with Gasteiger partial charge in [-0.3, -0.25) is 9.69 Å². The highest BCUT2D eigenvalue weighted by Crippen LogP contribution is 2.37. The Balaban J connectivity index is 1.55. The standard InChI is InChI=1S/C30H25N3O3S2/c1-19-13-14-24(20(2)15-19)27-22(18-32(31-27)23-11-7-4-8-12-23)17-26-28(34)33(30(37)38-26)25(29(35)36)16-21-9-5-3-6-10-21/h3-15,17-18,25H,16H2,1-2H3,(H,35,36)/b26-17-/t25-/m1/s1. The van der Waals surface area contributed by atoms with Crippen LogP contribution in [0.4, 0.5) is 0 Å². The average Bonchev–Trinajstić information content (AvgIpc) is 3.44. The number of amides is 1. The van der Waals surface area contributed by atoms with Crippen LogP contribution in [-0.4, -0.2) is 42.0 Å². The molecule has 4 aromatic rings. The minimum Gasteiger partial charge on any atom is -0.480 e. The van der Waals surface area contributed by atoms with Crippen LogP contribution in [0.25, 0.3) is 23.0 Å². The highest BCUT2D eigenvalue weighted by atomic mass is 32.2. The maximum Gasteiger partial charge on any atom is 0.327 e. The molecule has 1 aromatic heterocycles. The van der Waals surface area contributed by atoms with E-state index in [9.17, 15) is 14.7 Å². The number of carboxylic acid groups (broad SMARTS) is 1. The number of hydrogen-bond acceptors (Lipinski definition) is 5. The minimum atomic E-state index is -1.10. The molecule has 1 amide bonds. The second kappa shape index (κ2) is 10.8. The van der Waals surface area contributed by atoms with Crippen molar-refractivity contribution in [1.29, 1.82) is 0 Å². The lowest BCUT2D eigenvalue weighted by Crippen LogP contribution is -2.45. The van der Waals surface area contributed by atoms with Gasteiger partial charge in [-0.25, -0.2) is 9.48 Å². The summed E-state index contributed by atoms with van der Waals surface area (Å²) in [6, 6.07) is 24.1. The average molecular weight is 540 g/mol. The quantitative estimate of drug-likeness (QED) is 0.228. The van der Waals surface area contributed by atoms with E-state index in [-0.39, 0.29) is 10.7 Å². The molecule has 1 atom stereocenters. The van der Waals surface area contributed by atoms with Gasteiger partial charge in [-0.05, 0) is 43.2 Å². The van der Waals surface area contributed by atoms with Crippen molar-refractivity contribution in [3.63, 3.8) is 0 Å². The van der Waals surface area contributed by atoms with E-state index in [1.807, 2.05) is 92.8 Å². The number of carbonyl (C=O) groups is 2. The van der Waals surface area contributed by atoms with Crippen molar-refractivity contribution < 1.29 is 14.7 Å². The Morgan fingerprint density at radius 1 is 1.05 bits per heavy atom. The number of para-hydroxylation sites is 1. The van der Waals surface area contributed by atoms with Gasteiger partial charge >= 0.3 is 5.97 Å². The molecule has 0 aliphatic carbocycles.